The molecule has 0 amide bonds. The fraction of sp³-hybridized carbons (Fsp3) is 0.167. The van der Waals surface area contributed by atoms with Gasteiger partial charge < -0.3 is 0 Å². The van der Waals surface area contributed by atoms with Gasteiger partial charge in [-0.25, -0.2) is 0 Å². The van der Waals surface area contributed by atoms with E-state index in [4.69, 9.17) is 11.6 Å². The van der Waals surface area contributed by atoms with Gasteiger partial charge in [0.25, 0.3) is 0 Å². The summed E-state index contributed by atoms with van der Waals surface area (Å²) in [5.74, 6) is 0. The monoisotopic (exact) mass is 162 g/mol. The number of carbonyl (C=O) groups excluding carboxylic acids is 1. The summed E-state index contributed by atoms with van der Waals surface area (Å²) in [5, 5.41) is 0. The van der Waals surface area contributed by atoms with Gasteiger partial charge in [-0.1, -0.05) is 19.0 Å². The van der Waals surface area contributed by atoms with E-state index in [0.29, 0.717) is 9.21 Å². The quantitative estimate of drug-likeness (QED) is 0.581. The molecule has 0 unspecified atom stereocenters. The molecular formula is C6H7ClOS. The lowest BCUT2D eigenvalue weighted by Gasteiger charge is -1.69. The predicted molar refractivity (Wildman–Crippen MR) is 41.4 cm³/mol. The lowest BCUT2D eigenvalue weighted by molar-refractivity contribution is 0.112. The van der Waals surface area contributed by atoms with E-state index in [1.165, 1.54) is 11.3 Å². The van der Waals surface area contributed by atoms with Crippen LogP contribution in [0.2, 0.25) is 4.34 Å². The topological polar surface area (TPSA) is 17.1 Å². The maximum absolute atomic E-state index is 9.97. The SMILES string of the molecule is C.O=Cc1ccc(Cl)s1. The zero-order valence-corrected chi connectivity index (χ0v) is 5.50. The molecule has 0 N–H and O–H groups in total. The molecule has 0 saturated heterocycles. The van der Waals surface area contributed by atoms with Gasteiger partial charge in [0.15, 0.2) is 6.29 Å². The molecule has 0 radical (unpaired) electrons. The van der Waals surface area contributed by atoms with E-state index in [0.717, 1.165) is 6.29 Å². The molecule has 1 aromatic heterocycles. The van der Waals surface area contributed by atoms with Crippen LogP contribution in [-0.2, 0) is 0 Å². The fourth-order valence-corrected chi connectivity index (χ4v) is 1.27. The molecule has 1 heterocycles. The van der Waals surface area contributed by atoms with E-state index in [-0.39, 0.29) is 7.43 Å². The average molecular weight is 163 g/mol. The summed E-state index contributed by atoms with van der Waals surface area (Å²) in [6.45, 7) is 0. The van der Waals surface area contributed by atoms with Gasteiger partial charge in [0.05, 0.1) is 9.21 Å². The van der Waals surface area contributed by atoms with E-state index in [9.17, 15) is 4.79 Å². The number of rotatable bonds is 1. The van der Waals surface area contributed by atoms with Crippen LogP contribution in [0.4, 0.5) is 0 Å². The van der Waals surface area contributed by atoms with Crippen molar-refractivity contribution in [1.82, 2.24) is 0 Å². The zero-order valence-electron chi connectivity index (χ0n) is 3.93. The van der Waals surface area contributed by atoms with E-state index in [2.05, 4.69) is 0 Å². The first-order valence-corrected chi connectivity index (χ1v) is 3.23. The van der Waals surface area contributed by atoms with Crippen LogP contribution in [0.1, 0.15) is 17.1 Å². The third kappa shape index (κ3) is 2.16. The second-order valence-corrected chi connectivity index (χ2v) is 3.01. The maximum atomic E-state index is 9.97. The summed E-state index contributed by atoms with van der Waals surface area (Å²) >= 11 is 6.78. The number of carbonyl (C=O) groups is 1. The Balaban J connectivity index is 0.000000640. The van der Waals surface area contributed by atoms with Gasteiger partial charge >= 0.3 is 0 Å². The molecule has 1 rings (SSSR count). The Hall–Kier alpha value is -0.340. The molecule has 0 fully saturated rings. The fourth-order valence-electron chi connectivity index (χ4n) is 0.392. The van der Waals surface area contributed by atoms with Crippen LogP contribution >= 0.6 is 22.9 Å². The van der Waals surface area contributed by atoms with E-state index in [1.54, 1.807) is 12.1 Å². The van der Waals surface area contributed by atoms with E-state index in [1.807, 2.05) is 0 Å². The summed E-state index contributed by atoms with van der Waals surface area (Å²) in [7, 11) is 0. The summed E-state index contributed by atoms with van der Waals surface area (Å²) in [6.07, 6.45) is 0.788. The molecule has 9 heavy (non-hydrogen) atoms. The number of aldehydes is 1. The minimum Gasteiger partial charge on any atom is -0.297 e. The highest BCUT2D eigenvalue weighted by Crippen LogP contribution is 2.19. The van der Waals surface area contributed by atoms with Crippen molar-refractivity contribution in [3.05, 3.63) is 21.3 Å². The van der Waals surface area contributed by atoms with Crippen molar-refractivity contribution in [1.29, 1.82) is 0 Å². The third-order valence-corrected chi connectivity index (χ3v) is 1.87. The minimum absolute atomic E-state index is 0. The van der Waals surface area contributed by atoms with Crippen molar-refractivity contribution in [2.24, 2.45) is 0 Å². The van der Waals surface area contributed by atoms with E-state index < -0.39 is 0 Å². The normalized spacial score (nSPS) is 8.11. The first-order chi connectivity index (χ1) is 3.83. The number of hydrogen-bond donors (Lipinski definition) is 0. The Morgan fingerprint density at radius 2 is 2.22 bits per heavy atom. The van der Waals surface area contributed by atoms with Crippen molar-refractivity contribution in [3.8, 4) is 0 Å². The Kier molecular flexibility index (Phi) is 3.50. The van der Waals surface area contributed by atoms with Crippen molar-refractivity contribution in [2.45, 2.75) is 7.43 Å². The molecule has 1 nitrogen and oxygen atoms in total. The van der Waals surface area contributed by atoms with E-state index >= 15 is 0 Å². The van der Waals surface area contributed by atoms with Gasteiger partial charge in [-0.2, -0.15) is 0 Å². The zero-order chi connectivity index (χ0) is 5.98. The van der Waals surface area contributed by atoms with Crippen molar-refractivity contribution >= 4 is 29.2 Å². The molecular weight excluding hydrogens is 156 g/mol. The first kappa shape index (κ1) is 8.66. The van der Waals surface area contributed by atoms with Gasteiger partial charge in [0, 0.05) is 0 Å². The maximum Gasteiger partial charge on any atom is 0.160 e. The number of thiophene rings is 1. The van der Waals surface area contributed by atoms with Crippen LogP contribution in [0.5, 0.6) is 0 Å². The Bertz CT molecular complexity index is 195. The Labute approximate surface area is 63.3 Å². The van der Waals surface area contributed by atoms with Crippen LogP contribution < -0.4 is 0 Å². The molecule has 3 heteroatoms. The molecule has 1 aromatic rings. The smallest absolute Gasteiger partial charge is 0.160 e. The largest absolute Gasteiger partial charge is 0.297 e. The van der Waals surface area contributed by atoms with Gasteiger partial charge in [0.1, 0.15) is 0 Å². The summed E-state index contributed by atoms with van der Waals surface area (Å²) in [6, 6.07) is 3.40. The van der Waals surface area contributed by atoms with Crippen LogP contribution in [0.15, 0.2) is 12.1 Å². The second kappa shape index (κ2) is 3.64. The second-order valence-electron chi connectivity index (χ2n) is 1.26. The van der Waals surface area contributed by atoms with Crippen LogP contribution in [-0.4, -0.2) is 6.29 Å². The van der Waals surface area contributed by atoms with Gasteiger partial charge in [-0.05, 0) is 12.1 Å². The number of hydrogen-bond acceptors (Lipinski definition) is 2. The minimum atomic E-state index is 0. The molecule has 0 spiro atoms. The summed E-state index contributed by atoms with van der Waals surface area (Å²) in [5.41, 5.74) is 0. The molecule has 0 saturated carbocycles. The predicted octanol–water partition coefficient (Wildman–Crippen LogP) is 2.85. The molecule has 50 valence electrons. The lowest BCUT2D eigenvalue weighted by Crippen LogP contribution is -1.61. The molecule has 0 bridgehead atoms. The Morgan fingerprint density at radius 1 is 1.56 bits per heavy atom. The standard InChI is InChI=1S/C5H3ClOS.CH4/c6-5-2-1-4(3-7)8-5;/h1-3H;1H4. The average Bonchev–Trinajstić information content (AvgIpc) is 2.14. The van der Waals surface area contributed by atoms with Gasteiger partial charge in [-0.3, -0.25) is 4.79 Å². The molecule has 0 aliphatic heterocycles. The van der Waals surface area contributed by atoms with Crippen molar-refractivity contribution in [3.63, 3.8) is 0 Å². The highest BCUT2D eigenvalue weighted by molar-refractivity contribution is 7.17. The van der Waals surface area contributed by atoms with Crippen molar-refractivity contribution in [2.75, 3.05) is 0 Å². The van der Waals surface area contributed by atoms with Crippen molar-refractivity contribution < 1.29 is 4.79 Å². The lowest BCUT2D eigenvalue weighted by atomic mass is 10.5. The highest BCUT2D eigenvalue weighted by Gasteiger charge is 1.91. The van der Waals surface area contributed by atoms with Crippen LogP contribution in [0.3, 0.4) is 0 Å². The molecule has 0 aliphatic rings. The molecule has 0 aromatic carbocycles. The van der Waals surface area contributed by atoms with Crippen LogP contribution in [0, 0.1) is 0 Å². The van der Waals surface area contributed by atoms with Gasteiger partial charge in [0.2, 0.25) is 0 Å². The third-order valence-electron chi connectivity index (χ3n) is 0.710. The Morgan fingerprint density at radius 3 is 2.44 bits per heavy atom. The summed E-state index contributed by atoms with van der Waals surface area (Å²) in [4.78, 5) is 10.6. The first-order valence-electron chi connectivity index (χ1n) is 2.03. The van der Waals surface area contributed by atoms with Crippen LogP contribution in [0.25, 0.3) is 0 Å². The van der Waals surface area contributed by atoms with Gasteiger partial charge in [-0.15, -0.1) is 11.3 Å². The number of halogens is 1. The molecule has 0 atom stereocenters. The summed E-state index contributed by atoms with van der Waals surface area (Å²) < 4.78 is 0.659. The highest BCUT2D eigenvalue weighted by atomic mass is 35.5. The molecule has 0 aliphatic carbocycles.